The predicted octanol–water partition coefficient (Wildman–Crippen LogP) is 5.63. The molecule has 3 aromatic rings. The minimum absolute atomic E-state index is 0.0661. The Bertz CT molecular complexity index is 1000. The van der Waals surface area contributed by atoms with Crippen LogP contribution in [0.3, 0.4) is 0 Å². The Balaban J connectivity index is 1.82. The second kappa shape index (κ2) is 9.00. The van der Waals surface area contributed by atoms with Gasteiger partial charge in [0, 0.05) is 28.8 Å². The van der Waals surface area contributed by atoms with E-state index in [1.165, 1.54) is 11.8 Å². The molecule has 0 saturated carbocycles. The van der Waals surface area contributed by atoms with Crippen molar-refractivity contribution in [2.75, 3.05) is 5.32 Å². The Morgan fingerprint density at radius 2 is 1.68 bits per heavy atom. The third-order valence-corrected chi connectivity index (χ3v) is 4.78. The minimum atomic E-state index is -0.388. The van der Waals surface area contributed by atoms with Crippen LogP contribution in [0.2, 0.25) is 10.0 Å². The van der Waals surface area contributed by atoms with Gasteiger partial charge in [-0.2, -0.15) is 0 Å². The fourth-order valence-electron chi connectivity index (χ4n) is 2.75. The Labute approximate surface area is 173 Å². The monoisotopic (exact) mass is 412 g/mol. The molecule has 4 nitrogen and oxygen atoms in total. The van der Waals surface area contributed by atoms with Crippen LogP contribution >= 0.6 is 23.2 Å². The lowest BCUT2D eigenvalue weighted by molar-refractivity contribution is 0.0992. The van der Waals surface area contributed by atoms with Gasteiger partial charge in [-0.05, 0) is 41.8 Å². The van der Waals surface area contributed by atoms with Crippen molar-refractivity contribution in [3.63, 3.8) is 0 Å². The highest BCUT2D eigenvalue weighted by atomic mass is 35.5. The van der Waals surface area contributed by atoms with Crippen LogP contribution in [0.25, 0.3) is 0 Å². The first-order valence-corrected chi connectivity index (χ1v) is 9.55. The van der Waals surface area contributed by atoms with Crippen molar-refractivity contribution in [2.45, 2.75) is 19.8 Å². The first-order chi connectivity index (χ1) is 13.5. The van der Waals surface area contributed by atoms with Crippen molar-refractivity contribution >= 4 is 40.7 Å². The summed E-state index contributed by atoms with van der Waals surface area (Å²) in [5.41, 5.74) is 2.71. The van der Waals surface area contributed by atoms with Crippen LogP contribution in [0.15, 0.2) is 60.8 Å². The lowest BCUT2D eigenvalue weighted by atomic mass is 9.97. The lowest BCUT2D eigenvalue weighted by Crippen LogP contribution is -2.17. The van der Waals surface area contributed by atoms with Gasteiger partial charge >= 0.3 is 0 Å². The average molecular weight is 413 g/mol. The minimum Gasteiger partial charge on any atom is -0.307 e. The molecule has 0 radical (unpaired) electrons. The van der Waals surface area contributed by atoms with Crippen LogP contribution in [-0.4, -0.2) is 16.7 Å². The number of carbonyl (C=O) groups is 2. The fourth-order valence-corrected chi connectivity index (χ4v) is 3.03. The SMILES string of the molecule is CCc1ccc(C(=O)Cc2ccc(Cl)cc2C(=O)Nc2ccc(Cl)cn2)cc1. The fraction of sp³-hybridized carbons (Fsp3) is 0.136. The summed E-state index contributed by atoms with van der Waals surface area (Å²) in [5, 5.41) is 3.59. The van der Waals surface area contributed by atoms with Crippen molar-refractivity contribution in [2.24, 2.45) is 0 Å². The van der Waals surface area contributed by atoms with Gasteiger partial charge in [-0.15, -0.1) is 0 Å². The summed E-state index contributed by atoms with van der Waals surface area (Å²) < 4.78 is 0. The van der Waals surface area contributed by atoms with Gasteiger partial charge in [0.25, 0.3) is 5.91 Å². The van der Waals surface area contributed by atoms with Gasteiger partial charge in [-0.1, -0.05) is 60.5 Å². The highest BCUT2D eigenvalue weighted by Gasteiger charge is 2.16. The van der Waals surface area contributed by atoms with E-state index >= 15 is 0 Å². The summed E-state index contributed by atoms with van der Waals surface area (Å²) in [4.78, 5) is 29.5. The molecular weight excluding hydrogens is 395 g/mol. The lowest BCUT2D eigenvalue weighted by Gasteiger charge is -2.11. The van der Waals surface area contributed by atoms with E-state index in [9.17, 15) is 9.59 Å². The number of carbonyl (C=O) groups excluding carboxylic acids is 2. The normalized spacial score (nSPS) is 10.5. The molecule has 0 aliphatic rings. The third kappa shape index (κ3) is 4.97. The zero-order valence-electron chi connectivity index (χ0n) is 15.2. The number of hydrogen-bond acceptors (Lipinski definition) is 3. The number of hydrogen-bond donors (Lipinski definition) is 1. The molecule has 0 aliphatic heterocycles. The quantitative estimate of drug-likeness (QED) is 0.533. The molecule has 0 spiro atoms. The maximum atomic E-state index is 12.7. The maximum Gasteiger partial charge on any atom is 0.257 e. The summed E-state index contributed by atoms with van der Waals surface area (Å²) in [7, 11) is 0. The van der Waals surface area contributed by atoms with Gasteiger partial charge in [0.1, 0.15) is 5.82 Å². The molecule has 2 aromatic carbocycles. The number of nitrogens with one attached hydrogen (secondary N) is 1. The van der Waals surface area contributed by atoms with Crippen LogP contribution < -0.4 is 5.32 Å². The van der Waals surface area contributed by atoms with Crippen molar-refractivity contribution in [1.29, 1.82) is 0 Å². The largest absolute Gasteiger partial charge is 0.307 e. The number of halogens is 2. The Hall–Kier alpha value is -2.69. The number of ketones is 1. The van der Waals surface area contributed by atoms with Gasteiger partial charge in [-0.25, -0.2) is 4.98 Å². The number of anilines is 1. The van der Waals surface area contributed by atoms with Crippen LogP contribution in [0, 0.1) is 0 Å². The highest BCUT2D eigenvalue weighted by Crippen LogP contribution is 2.20. The summed E-state index contributed by atoms with van der Waals surface area (Å²) in [6.45, 7) is 2.06. The van der Waals surface area contributed by atoms with E-state index in [0.717, 1.165) is 6.42 Å². The number of pyridine rings is 1. The Morgan fingerprint density at radius 3 is 2.32 bits per heavy atom. The van der Waals surface area contributed by atoms with Crippen LogP contribution in [0.5, 0.6) is 0 Å². The molecule has 3 rings (SSSR count). The van der Waals surface area contributed by atoms with E-state index in [1.807, 2.05) is 24.3 Å². The zero-order valence-corrected chi connectivity index (χ0v) is 16.7. The molecule has 1 N–H and O–H groups in total. The van der Waals surface area contributed by atoms with E-state index in [-0.39, 0.29) is 18.1 Å². The van der Waals surface area contributed by atoms with Crippen LogP contribution in [-0.2, 0) is 12.8 Å². The number of nitrogens with zero attached hydrogens (tertiary/aromatic N) is 1. The molecule has 0 atom stereocenters. The first kappa shape index (κ1) is 20.1. The topological polar surface area (TPSA) is 59.1 Å². The molecule has 142 valence electrons. The maximum absolute atomic E-state index is 12.7. The van der Waals surface area contributed by atoms with Crippen molar-refractivity contribution < 1.29 is 9.59 Å². The number of amides is 1. The van der Waals surface area contributed by atoms with E-state index in [0.29, 0.717) is 32.6 Å². The van der Waals surface area contributed by atoms with Crippen LogP contribution in [0.1, 0.15) is 38.8 Å². The molecule has 0 unspecified atom stereocenters. The van der Waals surface area contributed by atoms with Gasteiger partial charge in [0.15, 0.2) is 5.78 Å². The molecule has 0 bridgehead atoms. The summed E-state index contributed by atoms with van der Waals surface area (Å²) >= 11 is 11.9. The Kier molecular flexibility index (Phi) is 6.45. The number of rotatable bonds is 6. The molecular formula is C22H18Cl2N2O2. The van der Waals surface area contributed by atoms with Crippen LogP contribution in [0.4, 0.5) is 5.82 Å². The molecule has 0 fully saturated rings. The summed E-state index contributed by atoms with van der Waals surface area (Å²) in [5.74, 6) is -0.0908. The molecule has 0 aliphatic carbocycles. The van der Waals surface area contributed by atoms with E-state index < -0.39 is 0 Å². The number of aryl methyl sites for hydroxylation is 1. The molecule has 6 heteroatoms. The number of Topliss-reactive ketones (excluding diaryl/α,β-unsaturated/α-hetero) is 1. The van der Waals surface area contributed by atoms with Gasteiger partial charge in [0.2, 0.25) is 0 Å². The average Bonchev–Trinajstić information content (AvgIpc) is 2.71. The van der Waals surface area contributed by atoms with E-state index in [4.69, 9.17) is 23.2 Å². The molecule has 0 saturated heterocycles. The smallest absolute Gasteiger partial charge is 0.257 e. The van der Waals surface area contributed by atoms with Gasteiger partial charge in [0.05, 0.1) is 5.02 Å². The molecule has 1 amide bonds. The zero-order chi connectivity index (χ0) is 20.1. The van der Waals surface area contributed by atoms with E-state index in [1.54, 1.807) is 30.3 Å². The predicted molar refractivity (Wildman–Crippen MR) is 113 cm³/mol. The van der Waals surface area contributed by atoms with Gasteiger partial charge in [-0.3, -0.25) is 9.59 Å². The third-order valence-electron chi connectivity index (χ3n) is 4.32. The van der Waals surface area contributed by atoms with Crippen molar-refractivity contribution in [3.8, 4) is 0 Å². The Morgan fingerprint density at radius 1 is 0.964 bits per heavy atom. The summed E-state index contributed by atoms with van der Waals surface area (Å²) in [6, 6.07) is 15.7. The molecule has 1 aromatic heterocycles. The van der Waals surface area contributed by atoms with E-state index in [2.05, 4.69) is 17.2 Å². The standard InChI is InChI=1S/C22H18Cl2N2O2/c1-2-14-3-5-15(6-4-14)20(27)11-16-7-8-17(23)12-19(16)22(28)26-21-10-9-18(24)13-25-21/h3-10,12-13H,2,11H2,1H3,(H,25,26,28). The van der Waals surface area contributed by atoms with Gasteiger partial charge < -0.3 is 5.32 Å². The molecule has 1 heterocycles. The number of aromatic nitrogens is 1. The molecule has 28 heavy (non-hydrogen) atoms. The second-order valence-corrected chi connectivity index (χ2v) is 7.14. The second-order valence-electron chi connectivity index (χ2n) is 6.27. The van der Waals surface area contributed by atoms with Crippen molar-refractivity contribution in [1.82, 2.24) is 4.98 Å². The first-order valence-electron chi connectivity index (χ1n) is 8.79. The summed E-state index contributed by atoms with van der Waals surface area (Å²) in [6.07, 6.45) is 2.45. The number of benzene rings is 2. The van der Waals surface area contributed by atoms with Crippen molar-refractivity contribution in [3.05, 3.63) is 93.1 Å². The highest BCUT2D eigenvalue weighted by molar-refractivity contribution is 6.31.